The van der Waals surface area contributed by atoms with Gasteiger partial charge in [0.1, 0.15) is 0 Å². The van der Waals surface area contributed by atoms with Crippen LogP contribution in [0.25, 0.3) is 5.57 Å². The number of unbranched alkanes of at least 4 members (excludes halogenated alkanes) is 1. The lowest BCUT2D eigenvalue weighted by Crippen LogP contribution is -2.11. The van der Waals surface area contributed by atoms with Crippen LogP contribution in [-0.2, 0) is 14.9 Å². The van der Waals surface area contributed by atoms with Gasteiger partial charge in [-0.2, -0.15) is 0 Å². The number of benzene rings is 1. The zero-order valence-electron chi connectivity index (χ0n) is 12.5. The van der Waals surface area contributed by atoms with Gasteiger partial charge in [0.2, 0.25) is 0 Å². The number of carbonyl (C=O) groups excluding carboxylic acids is 1. The predicted octanol–water partition coefficient (Wildman–Crippen LogP) is 4.34. The molecule has 0 aromatic heterocycles. The van der Waals surface area contributed by atoms with Crippen LogP contribution in [0.4, 0.5) is 0 Å². The zero-order chi connectivity index (χ0) is 14.5. The molecule has 0 atom stereocenters. The van der Waals surface area contributed by atoms with E-state index in [4.69, 9.17) is 4.74 Å². The molecule has 2 heteroatoms. The standard InChI is InChI=1S/C17H24O2/c1-6-7-12-19-16(18)13(2)14-8-10-15(11-9-14)17(3,4)5/h8-11H,2,6-7,12H2,1,3-5H3. The largest absolute Gasteiger partial charge is 0.462 e. The third-order valence-corrected chi connectivity index (χ3v) is 3.08. The molecule has 0 aliphatic carbocycles. The lowest BCUT2D eigenvalue weighted by Gasteiger charge is -2.19. The van der Waals surface area contributed by atoms with E-state index in [1.165, 1.54) is 5.56 Å². The smallest absolute Gasteiger partial charge is 0.338 e. The molecule has 0 amide bonds. The molecule has 1 aromatic carbocycles. The molecule has 0 spiro atoms. The van der Waals surface area contributed by atoms with Crippen molar-refractivity contribution >= 4 is 11.5 Å². The Morgan fingerprint density at radius 3 is 2.26 bits per heavy atom. The predicted molar refractivity (Wildman–Crippen MR) is 80.0 cm³/mol. The maximum Gasteiger partial charge on any atom is 0.338 e. The molecule has 0 saturated carbocycles. The summed E-state index contributed by atoms with van der Waals surface area (Å²) in [5.74, 6) is -0.322. The van der Waals surface area contributed by atoms with E-state index in [0.29, 0.717) is 12.2 Å². The van der Waals surface area contributed by atoms with Crippen LogP contribution in [-0.4, -0.2) is 12.6 Å². The summed E-state index contributed by atoms with van der Waals surface area (Å²) in [4.78, 5) is 11.8. The summed E-state index contributed by atoms with van der Waals surface area (Å²) >= 11 is 0. The summed E-state index contributed by atoms with van der Waals surface area (Å²) in [6, 6.07) is 7.95. The van der Waals surface area contributed by atoms with Gasteiger partial charge in [0, 0.05) is 0 Å². The second-order valence-corrected chi connectivity index (χ2v) is 5.80. The minimum atomic E-state index is -0.322. The minimum absolute atomic E-state index is 0.113. The Morgan fingerprint density at radius 1 is 1.21 bits per heavy atom. The Hall–Kier alpha value is -1.57. The molecule has 0 heterocycles. The first-order valence-electron chi connectivity index (χ1n) is 6.83. The van der Waals surface area contributed by atoms with E-state index in [0.717, 1.165) is 18.4 Å². The summed E-state index contributed by atoms with van der Waals surface area (Å²) < 4.78 is 5.16. The van der Waals surface area contributed by atoms with Gasteiger partial charge >= 0.3 is 5.97 Å². The molecule has 0 unspecified atom stereocenters. The van der Waals surface area contributed by atoms with Gasteiger partial charge in [0.25, 0.3) is 0 Å². The lowest BCUT2D eigenvalue weighted by atomic mass is 9.86. The van der Waals surface area contributed by atoms with Gasteiger partial charge in [-0.05, 0) is 23.0 Å². The van der Waals surface area contributed by atoms with Crippen molar-refractivity contribution in [1.82, 2.24) is 0 Å². The minimum Gasteiger partial charge on any atom is -0.462 e. The van der Waals surface area contributed by atoms with E-state index in [9.17, 15) is 4.79 Å². The van der Waals surface area contributed by atoms with Crippen molar-refractivity contribution in [2.75, 3.05) is 6.61 Å². The van der Waals surface area contributed by atoms with Crippen LogP contribution in [0.2, 0.25) is 0 Å². The van der Waals surface area contributed by atoms with Crippen LogP contribution in [0.5, 0.6) is 0 Å². The lowest BCUT2D eigenvalue weighted by molar-refractivity contribution is -0.136. The SMILES string of the molecule is C=C(C(=O)OCCCC)c1ccc(C(C)(C)C)cc1. The van der Waals surface area contributed by atoms with Crippen molar-refractivity contribution in [2.45, 2.75) is 46.0 Å². The van der Waals surface area contributed by atoms with Crippen molar-refractivity contribution in [3.63, 3.8) is 0 Å². The van der Waals surface area contributed by atoms with Gasteiger partial charge < -0.3 is 4.74 Å². The highest BCUT2D eigenvalue weighted by Crippen LogP contribution is 2.24. The van der Waals surface area contributed by atoms with Crippen LogP contribution in [0.15, 0.2) is 30.8 Å². The molecule has 0 aliphatic heterocycles. The van der Waals surface area contributed by atoms with E-state index in [-0.39, 0.29) is 11.4 Å². The first kappa shape index (κ1) is 15.5. The molecule has 1 aromatic rings. The molecule has 104 valence electrons. The first-order chi connectivity index (χ1) is 8.86. The Labute approximate surface area is 116 Å². The second-order valence-electron chi connectivity index (χ2n) is 5.80. The highest BCUT2D eigenvalue weighted by atomic mass is 16.5. The molecule has 0 aliphatic rings. The summed E-state index contributed by atoms with van der Waals surface area (Å²) in [6.45, 7) is 12.8. The molecule has 0 fully saturated rings. The fourth-order valence-electron chi connectivity index (χ4n) is 1.69. The van der Waals surface area contributed by atoms with Gasteiger partial charge in [-0.15, -0.1) is 0 Å². The van der Waals surface area contributed by atoms with E-state index in [2.05, 4.69) is 34.3 Å². The van der Waals surface area contributed by atoms with E-state index < -0.39 is 0 Å². The number of carbonyl (C=O) groups is 1. The Morgan fingerprint density at radius 2 is 1.79 bits per heavy atom. The Balaban J connectivity index is 2.70. The van der Waals surface area contributed by atoms with E-state index >= 15 is 0 Å². The molecular formula is C17H24O2. The van der Waals surface area contributed by atoms with E-state index in [1.54, 1.807) is 0 Å². The topological polar surface area (TPSA) is 26.3 Å². The monoisotopic (exact) mass is 260 g/mol. The Bertz CT molecular complexity index is 435. The quantitative estimate of drug-likeness (QED) is 0.447. The van der Waals surface area contributed by atoms with Crippen LogP contribution in [0, 0.1) is 0 Å². The van der Waals surface area contributed by atoms with Crippen molar-refractivity contribution in [2.24, 2.45) is 0 Å². The molecule has 0 N–H and O–H groups in total. The molecule has 0 saturated heterocycles. The van der Waals surface area contributed by atoms with Crippen LogP contribution in [0.3, 0.4) is 0 Å². The highest BCUT2D eigenvalue weighted by Gasteiger charge is 2.15. The summed E-state index contributed by atoms with van der Waals surface area (Å²) in [5, 5.41) is 0. The zero-order valence-corrected chi connectivity index (χ0v) is 12.5. The number of hydrogen-bond acceptors (Lipinski definition) is 2. The third-order valence-electron chi connectivity index (χ3n) is 3.08. The van der Waals surface area contributed by atoms with E-state index in [1.807, 2.05) is 24.3 Å². The maximum absolute atomic E-state index is 11.8. The van der Waals surface area contributed by atoms with Gasteiger partial charge in [0.15, 0.2) is 0 Å². The van der Waals surface area contributed by atoms with Crippen molar-refractivity contribution in [3.05, 3.63) is 42.0 Å². The van der Waals surface area contributed by atoms with Crippen LogP contribution < -0.4 is 0 Å². The fourth-order valence-corrected chi connectivity index (χ4v) is 1.69. The molecule has 2 nitrogen and oxygen atoms in total. The normalized spacial score (nSPS) is 11.2. The van der Waals surface area contributed by atoms with Crippen molar-refractivity contribution in [1.29, 1.82) is 0 Å². The number of hydrogen-bond donors (Lipinski definition) is 0. The van der Waals surface area contributed by atoms with Gasteiger partial charge in [-0.3, -0.25) is 0 Å². The fraction of sp³-hybridized carbons (Fsp3) is 0.471. The molecule has 1 rings (SSSR count). The van der Waals surface area contributed by atoms with Gasteiger partial charge in [-0.1, -0.05) is 65.0 Å². The highest BCUT2D eigenvalue weighted by molar-refractivity contribution is 6.15. The van der Waals surface area contributed by atoms with Crippen LogP contribution in [0.1, 0.15) is 51.7 Å². The third kappa shape index (κ3) is 4.55. The average Bonchev–Trinajstić information content (AvgIpc) is 2.37. The van der Waals surface area contributed by atoms with Crippen molar-refractivity contribution in [3.8, 4) is 0 Å². The summed E-state index contributed by atoms with van der Waals surface area (Å²) in [5.41, 5.74) is 2.61. The molecule has 0 bridgehead atoms. The molecular weight excluding hydrogens is 236 g/mol. The summed E-state index contributed by atoms with van der Waals surface area (Å²) in [7, 11) is 0. The number of esters is 1. The summed E-state index contributed by atoms with van der Waals surface area (Å²) in [6.07, 6.45) is 1.90. The van der Waals surface area contributed by atoms with Gasteiger partial charge in [-0.25, -0.2) is 4.79 Å². The molecule has 0 radical (unpaired) electrons. The number of ether oxygens (including phenoxy) is 1. The number of rotatable bonds is 5. The first-order valence-corrected chi connectivity index (χ1v) is 6.83. The molecule has 19 heavy (non-hydrogen) atoms. The Kier molecular flexibility index (Phi) is 5.34. The van der Waals surface area contributed by atoms with Crippen LogP contribution >= 0.6 is 0 Å². The van der Waals surface area contributed by atoms with Crippen molar-refractivity contribution < 1.29 is 9.53 Å². The second kappa shape index (κ2) is 6.55. The van der Waals surface area contributed by atoms with Gasteiger partial charge in [0.05, 0.1) is 12.2 Å². The maximum atomic E-state index is 11.8. The average molecular weight is 260 g/mol.